The number of ether oxygens (including phenoxy) is 2. The predicted molar refractivity (Wildman–Crippen MR) is 114 cm³/mol. The minimum Gasteiger partial charge on any atom is -0.490 e. The topological polar surface area (TPSA) is 83.6 Å². The van der Waals surface area contributed by atoms with Crippen molar-refractivity contribution in [2.24, 2.45) is 0 Å². The van der Waals surface area contributed by atoms with Gasteiger partial charge in [-0.2, -0.15) is 0 Å². The van der Waals surface area contributed by atoms with Gasteiger partial charge in [0, 0.05) is 30.1 Å². The number of benzene rings is 2. The summed E-state index contributed by atoms with van der Waals surface area (Å²) in [6.45, 7) is 5.06. The molecule has 0 radical (unpaired) electrons. The first-order valence-corrected chi connectivity index (χ1v) is 10.0. The van der Waals surface area contributed by atoms with Crippen LogP contribution in [-0.2, 0) is 17.8 Å². The minimum absolute atomic E-state index is 0.339. The maximum absolute atomic E-state index is 11.8. The Labute approximate surface area is 174 Å². The molecule has 0 bridgehead atoms. The fourth-order valence-electron chi connectivity index (χ4n) is 3.28. The third-order valence-electron chi connectivity index (χ3n) is 4.61. The molecule has 1 unspecified atom stereocenters. The van der Waals surface area contributed by atoms with Gasteiger partial charge in [0.1, 0.15) is 6.04 Å². The normalized spacial score (nSPS) is 12.1. The Balaban J connectivity index is 1.76. The highest BCUT2D eigenvalue weighted by Gasteiger charge is 2.20. The number of aliphatic carboxylic acids is 1. The number of aromatic amines is 1. The fourth-order valence-corrected chi connectivity index (χ4v) is 3.57. The zero-order chi connectivity index (χ0) is 20.8. The summed E-state index contributed by atoms with van der Waals surface area (Å²) >= 11 is 6.35. The fraction of sp³-hybridized carbons (Fsp3) is 0.318. The Morgan fingerprint density at radius 1 is 1.21 bits per heavy atom. The largest absolute Gasteiger partial charge is 0.490 e. The number of nitrogens with one attached hydrogen (secondary N) is 2. The summed E-state index contributed by atoms with van der Waals surface area (Å²) in [6.07, 6.45) is 2.23. The number of para-hydroxylation sites is 1. The average Bonchev–Trinajstić information content (AvgIpc) is 3.10. The minimum atomic E-state index is -0.905. The van der Waals surface area contributed by atoms with Crippen molar-refractivity contribution in [2.75, 3.05) is 13.2 Å². The predicted octanol–water partition coefficient (Wildman–Crippen LogP) is 4.40. The van der Waals surface area contributed by atoms with Crippen molar-refractivity contribution >= 4 is 28.5 Å². The van der Waals surface area contributed by atoms with Crippen LogP contribution < -0.4 is 14.8 Å². The van der Waals surface area contributed by atoms with Gasteiger partial charge in [-0.25, -0.2) is 0 Å². The zero-order valence-corrected chi connectivity index (χ0v) is 17.3. The molecule has 0 saturated heterocycles. The van der Waals surface area contributed by atoms with Crippen LogP contribution in [0.5, 0.6) is 11.5 Å². The molecule has 154 valence electrons. The summed E-state index contributed by atoms with van der Waals surface area (Å²) in [5.41, 5.74) is 2.78. The van der Waals surface area contributed by atoms with Crippen LogP contribution in [0.2, 0.25) is 5.02 Å². The third-order valence-corrected chi connectivity index (χ3v) is 4.89. The summed E-state index contributed by atoms with van der Waals surface area (Å²) in [7, 11) is 0. The highest BCUT2D eigenvalue weighted by Crippen LogP contribution is 2.36. The van der Waals surface area contributed by atoms with Crippen molar-refractivity contribution < 1.29 is 19.4 Å². The van der Waals surface area contributed by atoms with Crippen LogP contribution in [0, 0.1) is 0 Å². The highest BCUT2D eigenvalue weighted by molar-refractivity contribution is 6.32. The molecule has 1 aromatic heterocycles. The van der Waals surface area contributed by atoms with E-state index in [2.05, 4.69) is 10.3 Å². The van der Waals surface area contributed by atoms with E-state index in [-0.39, 0.29) is 0 Å². The van der Waals surface area contributed by atoms with Crippen LogP contribution >= 0.6 is 11.6 Å². The SMILES string of the molecule is CCOc1cc(CNC(Cc2c[nH]c3ccccc23)C(=O)O)cc(Cl)c1OCC. The van der Waals surface area contributed by atoms with Gasteiger partial charge < -0.3 is 24.9 Å². The van der Waals surface area contributed by atoms with Crippen LogP contribution in [0.4, 0.5) is 0 Å². The van der Waals surface area contributed by atoms with E-state index in [0.717, 1.165) is 22.0 Å². The lowest BCUT2D eigenvalue weighted by atomic mass is 10.0. The average molecular weight is 417 g/mol. The molecule has 0 fully saturated rings. The van der Waals surface area contributed by atoms with Crippen molar-refractivity contribution in [3.8, 4) is 11.5 Å². The van der Waals surface area contributed by atoms with Crippen molar-refractivity contribution in [2.45, 2.75) is 32.9 Å². The summed E-state index contributed by atoms with van der Waals surface area (Å²) < 4.78 is 11.2. The molecule has 3 rings (SSSR count). The number of hydrogen-bond donors (Lipinski definition) is 3. The van der Waals surface area contributed by atoms with Crippen LogP contribution in [0.25, 0.3) is 10.9 Å². The smallest absolute Gasteiger partial charge is 0.321 e. The molecule has 1 atom stereocenters. The lowest BCUT2D eigenvalue weighted by Gasteiger charge is -2.17. The summed E-state index contributed by atoms with van der Waals surface area (Å²) in [6, 6.07) is 10.7. The molecule has 7 heteroatoms. The summed E-state index contributed by atoms with van der Waals surface area (Å²) in [4.78, 5) is 15.0. The van der Waals surface area contributed by atoms with Gasteiger partial charge in [0.25, 0.3) is 0 Å². The van der Waals surface area contributed by atoms with E-state index in [9.17, 15) is 9.90 Å². The second-order valence-electron chi connectivity index (χ2n) is 6.61. The number of H-pyrrole nitrogens is 1. The van der Waals surface area contributed by atoms with E-state index in [0.29, 0.717) is 42.7 Å². The van der Waals surface area contributed by atoms with Gasteiger partial charge in [-0.15, -0.1) is 0 Å². The molecule has 0 spiro atoms. The quantitative estimate of drug-likeness (QED) is 0.456. The van der Waals surface area contributed by atoms with E-state index >= 15 is 0 Å². The van der Waals surface area contributed by atoms with Crippen molar-refractivity contribution in [1.29, 1.82) is 0 Å². The van der Waals surface area contributed by atoms with Gasteiger partial charge in [0.05, 0.1) is 18.2 Å². The van der Waals surface area contributed by atoms with E-state index in [1.54, 1.807) is 6.07 Å². The Morgan fingerprint density at radius 3 is 2.69 bits per heavy atom. The van der Waals surface area contributed by atoms with Gasteiger partial charge in [-0.05, 0) is 43.2 Å². The van der Waals surface area contributed by atoms with Gasteiger partial charge in [0.2, 0.25) is 0 Å². The third kappa shape index (κ3) is 5.02. The second kappa shape index (κ2) is 9.67. The molecule has 0 saturated carbocycles. The molecule has 0 aliphatic rings. The molecule has 0 aliphatic heterocycles. The Bertz CT molecular complexity index is 986. The summed E-state index contributed by atoms with van der Waals surface area (Å²) in [5, 5.41) is 14.3. The molecule has 3 N–H and O–H groups in total. The number of rotatable bonds is 10. The van der Waals surface area contributed by atoms with Crippen LogP contribution in [0.15, 0.2) is 42.6 Å². The molecule has 0 aliphatic carbocycles. The summed E-state index contributed by atoms with van der Waals surface area (Å²) in [5.74, 6) is 0.160. The van der Waals surface area contributed by atoms with Gasteiger partial charge >= 0.3 is 5.97 Å². The molecule has 3 aromatic rings. The number of carboxylic acids is 1. The Kier molecular flexibility index (Phi) is 7.01. The van der Waals surface area contributed by atoms with Gasteiger partial charge in [-0.3, -0.25) is 4.79 Å². The number of hydrogen-bond acceptors (Lipinski definition) is 4. The molecular weight excluding hydrogens is 392 g/mol. The van der Waals surface area contributed by atoms with Crippen LogP contribution in [-0.4, -0.2) is 35.3 Å². The van der Waals surface area contributed by atoms with E-state index in [1.165, 1.54) is 0 Å². The van der Waals surface area contributed by atoms with Gasteiger partial charge in [0.15, 0.2) is 11.5 Å². The lowest BCUT2D eigenvalue weighted by molar-refractivity contribution is -0.139. The number of fused-ring (bicyclic) bond motifs is 1. The Hall–Kier alpha value is -2.70. The monoisotopic (exact) mass is 416 g/mol. The molecule has 6 nitrogen and oxygen atoms in total. The molecule has 29 heavy (non-hydrogen) atoms. The highest BCUT2D eigenvalue weighted by atomic mass is 35.5. The first kappa shape index (κ1) is 21.0. The van der Waals surface area contributed by atoms with Gasteiger partial charge in [-0.1, -0.05) is 29.8 Å². The van der Waals surface area contributed by atoms with Crippen LogP contribution in [0.3, 0.4) is 0 Å². The first-order valence-electron chi connectivity index (χ1n) is 9.62. The van der Waals surface area contributed by atoms with E-state index in [4.69, 9.17) is 21.1 Å². The molecular formula is C22H25ClN2O4. The number of carbonyl (C=O) groups is 1. The standard InChI is InChI=1S/C22H25ClN2O4/c1-3-28-20-10-14(9-17(23)21(20)29-4-2)12-24-19(22(26)27)11-15-13-25-18-8-6-5-7-16(15)18/h5-10,13,19,24-25H,3-4,11-12H2,1-2H3,(H,26,27). The zero-order valence-electron chi connectivity index (χ0n) is 16.5. The molecule has 1 heterocycles. The number of carboxylic acid groups (broad SMARTS) is 1. The van der Waals surface area contributed by atoms with Crippen molar-refractivity contribution in [3.63, 3.8) is 0 Å². The first-order chi connectivity index (χ1) is 14.0. The number of halogens is 1. The van der Waals surface area contributed by atoms with E-state index in [1.807, 2.05) is 50.4 Å². The van der Waals surface area contributed by atoms with Crippen molar-refractivity contribution in [3.05, 3.63) is 58.7 Å². The maximum Gasteiger partial charge on any atom is 0.321 e. The molecule has 0 amide bonds. The van der Waals surface area contributed by atoms with E-state index < -0.39 is 12.0 Å². The maximum atomic E-state index is 11.8. The lowest BCUT2D eigenvalue weighted by Crippen LogP contribution is -2.38. The second-order valence-corrected chi connectivity index (χ2v) is 7.01. The molecule has 2 aromatic carbocycles. The van der Waals surface area contributed by atoms with Crippen molar-refractivity contribution in [1.82, 2.24) is 10.3 Å². The van der Waals surface area contributed by atoms with Crippen LogP contribution in [0.1, 0.15) is 25.0 Å². The number of aromatic nitrogens is 1. The Morgan fingerprint density at radius 2 is 1.97 bits per heavy atom.